The molecule has 0 N–H and O–H groups in total. The van der Waals surface area contributed by atoms with Gasteiger partial charge in [0.25, 0.3) is 0 Å². The van der Waals surface area contributed by atoms with Gasteiger partial charge in [0.2, 0.25) is 0 Å². The van der Waals surface area contributed by atoms with Gasteiger partial charge in [0, 0.05) is 60.8 Å². The van der Waals surface area contributed by atoms with Gasteiger partial charge in [-0.1, -0.05) is 152 Å². The molecule has 0 unspecified atom stereocenters. The molecule has 10 rings (SSSR count). The van der Waals surface area contributed by atoms with Crippen LogP contribution in [0.1, 0.15) is 11.4 Å². The van der Waals surface area contributed by atoms with E-state index in [4.69, 9.17) is 24.9 Å². The Bertz CT molecular complexity index is 2970. The molecule has 0 aliphatic heterocycles. The highest BCUT2D eigenvalue weighted by Gasteiger charge is 2.17. The molecule has 0 radical (unpaired) electrons. The lowest BCUT2D eigenvalue weighted by atomic mass is 9.92. The predicted octanol–water partition coefficient (Wildman–Crippen LogP) is 12.2. The van der Waals surface area contributed by atoms with Crippen LogP contribution in [0.25, 0.3) is 99.8 Å². The third-order valence-electron chi connectivity index (χ3n) is 10.3. The summed E-state index contributed by atoms with van der Waals surface area (Å²) in [7, 11) is 0. The summed E-state index contributed by atoms with van der Waals surface area (Å²) in [5.74, 6) is 1.86. The fraction of sp³-hybridized carbons (Fsp3) is 0.0408. The van der Waals surface area contributed by atoms with Crippen molar-refractivity contribution in [1.29, 1.82) is 0 Å². The lowest BCUT2D eigenvalue weighted by Crippen LogP contribution is -2.00. The number of pyridine rings is 2. The van der Waals surface area contributed by atoms with E-state index in [9.17, 15) is 0 Å². The normalized spacial score (nSPS) is 11.5. The third kappa shape index (κ3) is 5.46. The number of nitrogens with zero attached hydrogens (tertiary/aromatic N) is 5. The van der Waals surface area contributed by atoms with E-state index in [1.807, 2.05) is 37.3 Å². The molecule has 3 aromatic heterocycles. The summed E-state index contributed by atoms with van der Waals surface area (Å²) in [5, 5.41) is 6.89. The summed E-state index contributed by atoms with van der Waals surface area (Å²) in [5.41, 5.74) is 11.2. The number of fused-ring (bicyclic) bond motifs is 6. The summed E-state index contributed by atoms with van der Waals surface area (Å²) < 4.78 is 0. The minimum absolute atomic E-state index is 0.616. The largest absolute Gasteiger partial charge is 0.258 e. The second kappa shape index (κ2) is 12.8. The van der Waals surface area contributed by atoms with E-state index >= 15 is 0 Å². The van der Waals surface area contributed by atoms with Gasteiger partial charge in [-0.15, -0.1) is 0 Å². The lowest BCUT2D eigenvalue weighted by molar-refractivity contribution is 1.07. The maximum Gasteiger partial charge on any atom is 0.164 e. The van der Waals surface area contributed by atoms with Gasteiger partial charge in [0.05, 0.1) is 11.0 Å². The molecule has 0 fully saturated rings. The van der Waals surface area contributed by atoms with Crippen LogP contribution >= 0.6 is 0 Å². The molecule has 5 heteroatoms. The monoisotopic (exact) mass is 691 g/mol. The van der Waals surface area contributed by atoms with Gasteiger partial charge in [-0.2, -0.15) is 0 Å². The van der Waals surface area contributed by atoms with Crippen molar-refractivity contribution in [3.8, 4) is 56.4 Å². The van der Waals surface area contributed by atoms with Crippen LogP contribution in [0.15, 0.2) is 164 Å². The molecule has 0 aliphatic carbocycles. The average Bonchev–Trinajstić information content (AvgIpc) is 3.23. The van der Waals surface area contributed by atoms with E-state index in [-0.39, 0.29) is 0 Å². The zero-order chi connectivity index (χ0) is 36.2. The van der Waals surface area contributed by atoms with Crippen LogP contribution in [-0.4, -0.2) is 24.9 Å². The van der Waals surface area contributed by atoms with Gasteiger partial charge in [0.15, 0.2) is 17.5 Å². The minimum atomic E-state index is 0.616. The van der Waals surface area contributed by atoms with Crippen LogP contribution in [0.5, 0.6) is 0 Å². The molecule has 0 saturated heterocycles. The first kappa shape index (κ1) is 31.6. The highest BCUT2D eigenvalue weighted by Crippen LogP contribution is 2.40. The quantitative estimate of drug-likeness (QED) is 0.133. The molecule has 0 bridgehead atoms. The van der Waals surface area contributed by atoms with Gasteiger partial charge in [-0.05, 0) is 47.9 Å². The number of hydrogen-bond acceptors (Lipinski definition) is 5. The molecule has 3 heterocycles. The molecular weight excluding hydrogens is 659 g/mol. The van der Waals surface area contributed by atoms with E-state index in [0.29, 0.717) is 17.5 Å². The van der Waals surface area contributed by atoms with Gasteiger partial charge in [-0.3, -0.25) is 4.98 Å². The highest BCUT2D eigenvalue weighted by atomic mass is 15.0. The van der Waals surface area contributed by atoms with Crippen LogP contribution in [0.3, 0.4) is 0 Å². The Balaban J connectivity index is 1.14. The molecule has 0 saturated carbocycles. The fourth-order valence-corrected chi connectivity index (χ4v) is 7.68. The van der Waals surface area contributed by atoms with Crippen molar-refractivity contribution >= 4 is 43.4 Å². The van der Waals surface area contributed by atoms with Gasteiger partial charge in [-0.25, -0.2) is 19.9 Å². The van der Waals surface area contributed by atoms with E-state index < -0.39 is 0 Å². The zero-order valence-corrected chi connectivity index (χ0v) is 29.8. The maximum absolute atomic E-state index is 5.37. The van der Waals surface area contributed by atoms with Crippen molar-refractivity contribution in [1.82, 2.24) is 24.9 Å². The highest BCUT2D eigenvalue weighted by molar-refractivity contribution is 6.21. The number of aryl methyl sites for hydroxylation is 2. The van der Waals surface area contributed by atoms with Crippen molar-refractivity contribution in [3.05, 3.63) is 175 Å². The Morgan fingerprint density at radius 3 is 1.48 bits per heavy atom. The van der Waals surface area contributed by atoms with Gasteiger partial charge >= 0.3 is 0 Å². The Morgan fingerprint density at radius 2 is 0.852 bits per heavy atom. The molecule has 0 spiro atoms. The maximum atomic E-state index is 5.37. The van der Waals surface area contributed by atoms with Crippen molar-refractivity contribution < 1.29 is 0 Å². The minimum Gasteiger partial charge on any atom is -0.258 e. The van der Waals surface area contributed by atoms with Crippen LogP contribution in [0, 0.1) is 13.8 Å². The Hall–Kier alpha value is -7.11. The van der Waals surface area contributed by atoms with Crippen molar-refractivity contribution in [3.63, 3.8) is 0 Å². The van der Waals surface area contributed by atoms with E-state index in [2.05, 4.69) is 140 Å². The number of hydrogen-bond donors (Lipinski definition) is 0. The Labute approximate surface area is 312 Å². The third-order valence-corrected chi connectivity index (χ3v) is 10.3. The number of rotatable bonds is 5. The van der Waals surface area contributed by atoms with Crippen molar-refractivity contribution in [2.45, 2.75) is 13.8 Å². The summed E-state index contributed by atoms with van der Waals surface area (Å²) in [6.45, 7) is 4.07. The standard InChI is InChI=1S/C49H33N5/c1-30-19-26-39(31(2)50-30)37-15-10-16-38(29-37)49-53-47(35-13-4-3-5-14-35)52-48(54-49)36-22-20-34(21-23-36)44-42-27-24-32-11-6-8-17-40(32)45(42)51-46-41-18-9-7-12-33(41)25-28-43(44)46/h3-29H,1-2H3. The molecular formula is C49H33N5. The topological polar surface area (TPSA) is 64.5 Å². The molecule has 0 amide bonds. The van der Waals surface area contributed by atoms with Crippen LogP contribution in [0.2, 0.25) is 0 Å². The Morgan fingerprint density at radius 1 is 0.333 bits per heavy atom. The summed E-state index contributed by atoms with van der Waals surface area (Å²) in [6, 6.07) is 57.1. The number of aromatic nitrogens is 5. The lowest BCUT2D eigenvalue weighted by Gasteiger charge is -2.15. The van der Waals surface area contributed by atoms with Crippen LogP contribution in [0.4, 0.5) is 0 Å². The second-order valence-corrected chi connectivity index (χ2v) is 13.8. The van der Waals surface area contributed by atoms with E-state index in [0.717, 1.165) is 82.9 Å². The SMILES string of the molecule is Cc1ccc(-c2cccc(-c3nc(-c4ccccc4)nc(-c4ccc(-c5c6ccc7ccccc7c6nc6c5ccc5ccccc56)cc4)n3)c2)c(C)n1. The van der Waals surface area contributed by atoms with Crippen molar-refractivity contribution in [2.75, 3.05) is 0 Å². The van der Waals surface area contributed by atoms with Gasteiger partial charge < -0.3 is 0 Å². The van der Waals surface area contributed by atoms with Crippen LogP contribution < -0.4 is 0 Å². The van der Waals surface area contributed by atoms with E-state index in [1.165, 1.54) is 10.8 Å². The summed E-state index contributed by atoms with van der Waals surface area (Å²) in [4.78, 5) is 25.2. The first-order valence-corrected chi connectivity index (χ1v) is 18.2. The first-order valence-electron chi connectivity index (χ1n) is 18.2. The van der Waals surface area contributed by atoms with Gasteiger partial charge in [0.1, 0.15) is 0 Å². The molecule has 54 heavy (non-hydrogen) atoms. The number of benzene rings is 7. The zero-order valence-electron chi connectivity index (χ0n) is 29.8. The molecule has 5 nitrogen and oxygen atoms in total. The second-order valence-electron chi connectivity index (χ2n) is 13.8. The molecule has 0 aliphatic rings. The van der Waals surface area contributed by atoms with E-state index in [1.54, 1.807) is 0 Å². The average molecular weight is 692 g/mol. The van der Waals surface area contributed by atoms with Crippen LogP contribution in [-0.2, 0) is 0 Å². The first-order chi connectivity index (χ1) is 26.6. The molecule has 0 atom stereocenters. The Kier molecular flexibility index (Phi) is 7.51. The fourth-order valence-electron chi connectivity index (χ4n) is 7.68. The summed E-state index contributed by atoms with van der Waals surface area (Å²) >= 11 is 0. The predicted molar refractivity (Wildman–Crippen MR) is 222 cm³/mol. The molecule has 10 aromatic rings. The van der Waals surface area contributed by atoms with Crippen molar-refractivity contribution in [2.24, 2.45) is 0 Å². The molecule has 254 valence electrons. The summed E-state index contributed by atoms with van der Waals surface area (Å²) in [6.07, 6.45) is 0. The molecule has 7 aromatic carbocycles. The smallest absolute Gasteiger partial charge is 0.164 e.